The topological polar surface area (TPSA) is 106 Å². The molecule has 0 radical (unpaired) electrons. The first-order valence-electron chi connectivity index (χ1n) is 23.4. The molecule has 4 N–H and O–H groups in total. The van der Waals surface area contributed by atoms with E-state index in [2.05, 4.69) is 20.8 Å². The molecule has 2 aromatic rings. The third kappa shape index (κ3) is 24.0. The third-order valence-electron chi connectivity index (χ3n) is 10.7. The molecule has 0 spiro atoms. The lowest BCUT2D eigenvalue weighted by molar-refractivity contribution is 0.0735. The summed E-state index contributed by atoms with van der Waals surface area (Å²) < 4.78 is 24.8. The maximum absolute atomic E-state index is 13.6. The van der Waals surface area contributed by atoms with Crippen LogP contribution in [0.5, 0.6) is 17.2 Å². The monoisotopic (exact) mass is 781 g/mol. The Morgan fingerprint density at radius 1 is 0.482 bits per heavy atom. The van der Waals surface area contributed by atoms with Gasteiger partial charge in [0.05, 0.1) is 24.5 Å². The summed E-state index contributed by atoms with van der Waals surface area (Å²) in [4.78, 5) is 13.6. The zero-order valence-corrected chi connectivity index (χ0v) is 36.4. The number of aryl methyl sites for hydroxylation is 1. The number of hydrogen-bond donors (Lipinski definition) is 2. The van der Waals surface area contributed by atoms with Crippen molar-refractivity contribution in [2.45, 2.75) is 207 Å². The number of nitrogens with two attached hydrogens (primary N) is 2. The highest BCUT2D eigenvalue weighted by molar-refractivity contribution is 5.93. The molecule has 0 atom stereocenters. The van der Waals surface area contributed by atoms with E-state index in [1.807, 2.05) is 6.07 Å². The van der Waals surface area contributed by atoms with Crippen LogP contribution in [-0.2, 0) is 11.2 Å². The molecule has 0 heterocycles. The largest absolute Gasteiger partial charge is 0.490 e. The summed E-state index contributed by atoms with van der Waals surface area (Å²) in [6.07, 6.45) is 35.4. The minimum Gasteiger partial charge on any atom is -0.490 e. The van der Waals surface area contributed by atoms with Gasteiger partial charge >= 0.3 is 5.97 Å². The van der Waals surface area contributed by atoms with Crippen LogP contribution in [0.15, 0.2) is 30.3 Å². The molecule has 0 aliphatic carbocycles. The van der Waals surface area contributed by atoms with Gasteiger partial charge in [0.15, 0.2) is 17.2 Å². The fourth-order valence-corrected chi connectivity index (χ4v) is 7.19. The van der Waals surface area contributed by atoms with Gasteiger partial charge in [-0.2, -0.15) is 0 Å². The first-order chi connectivity index (χ1) is 27.5. The number of carbonyl (C=O) groups excluding carboxylic acids is 1. The average molecular weight is 781 g/mol. The summed E-state index contributed by atoms with van der Waals surface area (Å²) in [6, 6.07) is 8.69. The normalized spacial score (nSPS) is 11.3. The lowest BCUT2D eigenvalue weighted by Gasteiger charge is -2.19. The molecule has 7 heteroatoms. The van der Waals surface area contributed by atoms with E-state index in [4.69, 9.17) is 30.4 Å². The number of esters is 1. The van der Waals surface area contributed by atoms with Crippen LogP contribution in [-0.4, -0.2) is 32.4 Å². The third-order valence-corrected chi connectivity index (χ3v) is 10.7. The van der Waals surface area contributed by atoms with Gasteiger partial charge in [-0.1, -0.05) is 168 Å². The van der Waals surface area contributed by atoms with Crippen molar-refractivity contribution in [2.24, 2.45) is 0 Å². The quantitative estimate of drug-likeness (QED) is 0.0302. The van der Waals surface area contributed by atoms with E-state index >= 15 is 0 Å². The Balaban J connectivity index is 2.08. The summed E-state index contributed by atoms with van der Waals surface area (Å²) in [7, 11) is 0. The number of rotatable bonds is 38. The number of benzene rings is 2. The lowest BCUT2D eigenvalue weighted by atomic mass is 10.0. The van der Waals surface area contributed by atoms with Gasteiger partial charge in [0.2, 0.25) is 0 Å². The second-order valence-electron chi connectivity index (χ2n) is 16.0. The molecule has 2 aromatic carbocycles. The second kappa shape index (κ2) is 34.1. The fourth-order valence-electron chi connectivity index (χ4n) is 7.19. The number of anilines is 2. The van der Waals surface area contributed by atoms with Crippen molar-refractivity contribution in [3.63, 3.8) is 0 Å². The van der Waals surface area contributed by atoms with Gasteiger partial charge in [-0.05, 0) is 74.4 Å². The number of nitrogen functional groups attached to an aromatic ring is 2. The second-order valence-corrected chi connectivity index (χ2v) is 16.0. The first kappa shape index (κ1) is 49.2. The minimum absolute atomic E-state index is 0.299. The van der Waals surface area contributed by atoms with E-state index in [-0.39, 0.29) is 0 Å². The van der Waals surface area contributed by atoms with Crippen molar-refractivity contribution >= 4 is 17.3 Å². The number of carbonyl (C=O) groups is 1. The number of hydrogen-bond acceptors (Lipinski definition) is 7. The Morgan fingerprint density at radius 3 is 1.45 bits per heavy atom. The van der Waals surface area contributed by atoms with Crippen molar-refractivity contribution in [3.05, 3.63) is 41.5 Å². The maximum atomic E-state index is 13.6. The molecule has 0 saturated carbocycles. The number of unbranched alkanes of at least 4 members (excludes halogenated alkanes) is 24. The van der Waals surface area contributed by atoms with E-state index in [1.54, 1.807) is 24.3 Å². The number of ether oxygens (including phenoxy) is 4. The van der Waals surface area contributed by atoms with Crippen LogP contribution in [0.25, 0.3) is 0 Å². The molecule has 56 heavy (non-hydrogen) atoms. The van der Waals surface area contributed by atoms with E-state index in [0.29, 0.717) is 41.7 Å². The highest BCUT2D eigenvalue weighted by Crippen LogP contribution is 2.36. The first-order valence-corrected chi connectivity index (χ1v) is 23.4. The van der Waals surface area contributed by atoms with E-state index < -0.39 is 5.97 Å². The molecular weight excluding hydrogens is 697 g/mol. The molecule has 320 valence electrons. The predicted octanol–water partition coefficient (Wildman–Crippen LogP) is 14.4. The zero-order valence-electron chi connectivity index (χ0n) is 36.4. The zero-order chi connectivity index (χ0) is 40.3. The molecule has 0 aliphatic rings. The van der Waals surface area contributed by atoms with Gasteiger partial charge in [0, 0.05) is 18.9 Å². The minimum atomic E-state index is -0.469. The Labute approximate surface area is 343 Å². The van der Waals surface area contributed by atoms with Crippen LogP contribution >= 0.6 is 0 Å². The van der Waals surface area contributed by atoms with Crippen LogP contribution in [0, 0.1) is 0 Å². The van der Waals surface area contributed by atoms with Crippen molar-refractivity contribution in [1.29, 1.82) is 0 Å². The summed E-state index contributed by atoms with van der Waals surface area (Å²) in [5.41, 5.74) is 14.3. The van der Waals surface area contributed by atoms with Gasteiger partial charge in [0.25, 0.3) is 0 Å². The van der Waals surface area contributed by atoms with E-state index in [9.17, 15) is 4.79 Å². The molecule has 0 unspecified atom stereocenters. The molecule has 0 saturated heterocycles. The Kier molecular flexibility index (Phi) is 30.0. The Morgan fingerprint density at radius 2 is 0.929 bits per heavy atom. The summed E-state index contributed by atoms with van der Waals surface area (Å²) in [6.45, 7) is 9.70. The van der Waals surface area contributed by atoms with Crippen molar-refractivity contribution in [1.82, 2.24) is 0 Å². The molecular formula is C49H84N2O5. The van der Waals surface area contributed by atoms with Crippen molar-refractivity contribution < 1.29 is 23.7 Å². The van der Waals surface area contributed by atoms with Crippen LogP contribution in [0.2, 0.25) is 0 Å². The molecule has 0 amide bonds. The summed E-state index contributed by atoms with van der Waals surface area (Å²) in [5, 5.41) is 0. The Bertz CT molecular complexity index is 1200. The van der Waals surface area contributed by atoms with Gasteiger partial charge in [-0.3, -0.25) is 0 Å². The summed E-state index contributed by atoms with van der Waals surface area (Å²) >= 11 is 0. The maximum Gasteiger partial charge on any atom is 0.343 e. The van der Waals surface area contributed by atoms with Crippen LogP contribution < -0.4 is 25.7 Å². The van der Waals surface area contributed by atoms with Crippen LogP contribution in [0.3, 0.4) is 0 Å². The van der Waals surface area contributed by atoms with Gasteiger partial charge in [-0.25, -0.2) is 4.79 Å². The fraction of sp³-hybridized carbons (Fsp3) is 0.735. The molecule has 7 nitrogen and oxygen atoms in total. The van der Waals surface area contributed by atoms with Gasteiger partial charge < -0.3 is 30.4 Å². The molecule has 2 rings (SSSR count). The van der Waals surface area contributed by atoms with Crippen molar-refractivity contribution in [2.75, 3.05) is 37.9 Å². The predicted molar refractivity (Wildman–Crippen MR) is 238 cm³/mol. The van der Waals surface area contributed by atoms with Gasteiger partial charge in [-0.15, -0.1) is 0 Å². The smallest absolute Gasteiger partial charge is 0.343 e. The highest BCUT2D eigenvalue weighted by Gasteiger charge is 2.20. The van der Waals surface area contributed by atoms with Crippen LogP contribution in [0.4, 0.5) is 11.4 Å². The molecule has 0 bridgehead atoms. The Hall–Kier alpha value is -2.93. The lowest BCUT2D eigenvalue weighted by Crippen LogP contribution is -2.13. The van der Waals surface area contributed by atoms with Gasteiger partial charge in [0.1, 0.15) is 0 Å². The molecule has 0 aromatic heterocycles. The standard InChI is InChI=1S/C49H84N2O5/c1-4-7-10-13-15-17-19-21-24-30-37-54-47-40-43(49(52)56-46-34-33-44(50)41-45(46)51)39-42(32-27-23-26-29-36-53-35-28-12-9-6-3)48(47)55-38-31-25-22-20-18-16-14-11-8-5-2/h33-34,39-41H,4-32,35-38,50-51H2,1-3H3. The average Bonchev–Trinajstić information content (AvgIpc) is 3.19. The van der Waals surface area contributed by atoms with Crippen molar-refractivity contribution in [3.8, 4) is 17.2 Å². The summed E-state index contributed by atoms with van der Waals surface area (Å²) in [5.74, 6) is 1.25. The molecule has 0 aliphatic heterocycles. The van der Waals surface area contributed by atoms with Crippen LogP contribution in [0.1, 0.15) is 216 Å². The van der Waals surface area contributed by atoms with E-state index in [0.717, 1.165) is 88.7 Å². The van der Waals surface area contributed by atoms with E-state index in [1.165, 1.54) is 122 Å². The SMILES string of the molecule is CCCCCCCCCCCCOc1cc(C(=O)Oc2ccc(N)cc2N)cc(CCCCCCOCCCCCC)c1OCCCCCCCCCCCC. The highest BCUT2D eigenvalue weighted by atomic mass is 16.5. The molecule has 0 fully saturated rings.